The molecule has 32 heavy (non-hydrogen) atoms. The monoisotopic (exact) mass is 464 g/mol. The van der Waals surface area contributed by atoms with Crippen LogP contribution in [0.2, 0.25) is 0 Å². The Balaban J connectivity index is 1.50. The van der Waals surface area contributed by atoms with Gasteiger partial charge in [0.25, 0.3) is 0 Å². The van der Waals surface area contributed by atoms with Crippen LogP contribution in [0, 0.1) is 5.92 Å². The van der Waals surface area contributed by atoms with Gasteiger partial charge in [0.2, 0.25) is 5.92 Å². The number of amides is 2. The molecule has 1 saturated heterocycles. The molecule has 0 spiro atoms. The molecule has 0 aromatic carbocycles. The number of aromatic nitrogens is 3. The van der Waals surface area contributed by atoms with Crippen molar-refractivity contribution in [3.8, 4) is 0 Å². The number of urea groups is 1. The van der Waals surface area contributed by atoms with Gasteiger partial charge in [-0.25, -0.2) is 23.1 Å². The predicted octanol–water partition coefficient (Wildman–Crippen LogP) is 3.35. The normalized spacial score (nSPS) is 24.2. The summed E-state index contributed by atoms with van der Waals surface area (Å²) in [5.41, 5.74) is 7.29. The number of hydrogen-bond acceptors (Lipinski definition) is 4. The van der Waals surface area contributed by atoms with Crippen molar-refractivity contribution < 1.29 is 31.1 Å². The number of alkyl halides is 6. The molecule has 1 saturated carbocycles. The van der Waals surface area contributed by atoms with Crippen LogP contribution in [-0.2, 0) is 6.54 Å². The molecular weight excluding hydrogens is 442 g/mol. The first-order valence-corrected chi connectivity index (χ1v) is 10.1. The van der Waals surface area contributed by atoms with Gasteiger partial charge in [-0.1, -0.05) is 0 Å². The topological polar surface area (TPSA) is 88.5 Å². The van der Waals surface area contributed by atoms with Crippen LogP contribution >= 0.6 is 0 Å². The fraction of sp³-hybridized carbons (Fsp3) is 0.632. The highest BCUT2D eigenvalue weighted by molar-refractivity contribution is 5.74. The summed E-state index contributed by atoms with van der Waals surface area (Å²) < 4.78 is 83.0. The SMILES string of the molecule is N[C@H](c1cn2ncc(CN3CC(F)(F)C(F)(F)CNC3=O)cc2n1)C1CCC(F)(F)CC1. The van der Waals surface area contributed by atoms with E-state index in [2.05, 4.69) is 10.1 Å². The third-order valence-electron chi connectivity index (χ3n) is 6.05. The number of hydrogen-bond donors (Lipinski definition) is 2. The lowest BCUT2D eigenvalue weighted by atomic mass is 9.81. The predicted molar refractivity (Wildman–Crippen MR) is 101 cm³/mol. The minimum absolute atomic E-state index is 0.163. The first-order valence-electron chi connectivity index (χ1n) is 10.1. The highest BCUT2D eigenvalue weighted by Crippen LogP contribution is 2.40. The van der Waals surface area contributed by atoms with Crippen LogP contribution in [0.4, 0.5) is 31.1 Å². The van der Waals surface area contributed by atoms with E-state index in [0.717, 1.165) is 0 Å². The van der Waals surface area contributed by atoms with Crippen molar-refractivity contribution in [3.05, 3.63) is 29.7 Å². The van der Waals surface area contributed by atoms with E-state index in [-0.39, 0.29) is 38.1 Å². The van der Waals surface area contributed by atoms with Crippen molar-refractivity contribution in [3.63, 3.8) is 0 Å². The van der Waals surface area contributed by atoms with Crippen LogP contribution in [0.1, 0.15) is 43.0 Å². The quantitative estimate of drug-likeness (QED) is 0.680. The standard InChI is InChI=1S/C19H22F6N6O/c20-17(21)3-1-12(2-4-17)15(26)13-8-31-14(29-13)5-11(6-28-31)7-30-10-19(24,25)18(22,23)9-27-16(30)32/h5-6,8,12,15H,1-4,7,9-10,26H2,(H,27,32)/t15-/m0/s1. The van der Waals surface area contributed by atoms with E-state index in [1.807, 2.05) is 0 Å². The van der Waals surface area contributed by atoms with Crippen LogP contribution < -0.4 is 11.1 Å². The summed E-state index contributed by atoms with van der Waals surface area (Å²) in [5.74, 6) is -11.6. The Bertz CT molecular complexity index is 1000. The average molecular weight is 464 g/mol. The van der Waals surface area contributed by atoms with Gasteiger partial charge < -0.3 is 16.0 Å². The Kier molecular flexibility index (Phi) is 5.50. The molecule has 2 amide bonds. The van der Waals surface area contributed by atoms with Gasteiger partial charge in [-0.05, 0) is 30.4 Å². The Morgan fingerprint density at radius 2 is 1.84 bits per heavy atom. The van der Waals surface area contributed by atoms with Crippen molar-refractivity contribution in [2.24, 2.45) is 11.7 Å². The molecule has 0 bridgehead atoms. The molecule has 2 aromatic heterocycles. The highest BCUT2D eigenvalue weighted by Gasteiger charge is 2.59. The van der Waals surface area contributed by atoms with Crippen LogP contribution in [0.15, 0.2) is 18.5 Å². The van der Waals surface area contributed by atoms with Crippen LogP contribution in [0.25, 0.3) is 5.65 Å². The lowest BCUT2D eigenvalue weighted by Gasteiger charge is -2.31. The molecule has 2 aliphatic rings. The molecule has 1 aliphatic carbocycles. The zero-order valence-corrected chi connectivity index (χ0v) is 16.9. The number of imidazole rings is 1. The maximum Gasteiger partial charge on any atom is 0.329 e. The Hall–Kier alpha value is -2.57. The van der Waals surface area contributed by atoms with E-state index in [0.29, 0.717) is 21.8 Å². The second kappa shape index (κ2) is 7.78. The number of carbonyl (C=O) groups is 1. The van der Waals surface area contributed by atoms with Crippen LogP contribution in [-0.4, -0.2) is 56.4 Å². The van der Waals surface area contributed by atoms with Gasteiger partial charge in [0.05, 0.1) is 37.2 Å². The Morgan fingerprint density at radius 3 is 2.53 bits per heavy atom. The molecule has 3 N–H and O–H groups in total. The lowest BCUT2D eigenvalue weighted by Crippen LogP contribution is -2.48. The maximum absolute atomic E-state index is 13.9. The molecular formula is C19H22F6N6O. The summed E-state index contributed by atoms with van der Waals surface area (Å²) in [4.78, 5) is 17.0. The minimum Gasteiger partial charge on any atom is -0.332 e. The van der Waals surface area contributed by atoms with E-state index < -0.39 is 42.9 Å². The van der Waals surface area contributed by atoms with Crippen molar-refractivity contribution in [1.82, 2.24) is 24.8 Å². The molecule has 1 aliphatic heterocycles. The smallest absolute Gasteiger partial charge is 0.329 e. The van der Waals surface area contributed by atoms with Crippen molar-refractivity contribution in [2.45, 2.75) is 56.0 Å². The molecule has 1 atom stereocenters. The summed E-state index contributed by atoms with van der Waals surface area (Å²) in [6.07, 6.45) is 2.93. The van der Waals surface area contributed by atoms with Gasteiger partial charge in [0, 0.05) is 19.4 Å². The molecule has 0 unspecified atom stereocenters. The molecule has 4 rings (SSSR count). The summed E-state index contributed by atoms with van der Waals surface area (Å²) in [6, 6.07) is -0.136. The number of fused-ring (bicyclic) bond motifs is 1. The average Bonchev–Trinajstić information content (AvgIpc) is 3.11. The number of halogens is 6. The van der Waals surface area contributed by atoms with Gasteiger partial charge in [-0.2, -0.15) is 22.7 Å². The van der Waals surface area contributed by atoms with Gasteiger partial charge in [-0.15, -0.1) is 0 Å². The Labute approximate surface area is 178 Å². The molecule has 7 nitrogen and oxygen atoms in total. The third kappa shape index (κ3) is 4.34. The maximum atomic E-state index is 13.9. The molecule has 3 heterocycles. The largest absolute Gasteiger partial charge is 0.332 e. The van der Waals surface area contributed by atoms with Crippen molar-refractivity contribution >= 4 is 11.7 Å². The van der Waals surface area contributed by atoms with Crippen LogP contribution in [0.5, 0.6) is 0 Å². The first-order chi connectivity index (χ1) is 14.9. The molecule has 0 radical (unpaired) electrons. The number of nitrogens with two attached hydrogens (primary N) is 1. The zero-order valence-electron chi connectivity index (χ0n) is 16.9. The third-order valence-corrected chi connectivity index (χ3v) is 6.05. The molecule has 2 fully saturated rings. The summed E-state index contributed by atoms with van der Waals surface area (Å²) in [6.45, 7) is -3.29. The minimum atomic E-state index is -4.40. The number of nitrogens with zero attached hydrogens (tertiary/aromatic N) is 4. The van der Waals surface area contributed by atoms with Gasteiger partial charge in [0.1, 0.15) is 0 Å². The van der Waals surface area contributed by atoms with Crippen LogP contribution in [0.3, 0.4) is 0 Å². The van der Waals surface area contributed by atoms with E-state index in [1.54, 1.807) is 11.5 Å². The molecule has 2 aromatic rings. The zero-order chi connectivity index (χ0) is 23.3. The van der Waals surface area contributed by atoms with Crippen molar-refractivity contribution in [1.29, 1.82) is 0 Å². The van der Waals surface area contributed by atoms with E-state index in [9.17, 15) is 31.1 Å². The van der Waals surface area contributed by atoms with E-state index >= 15 is 0 Å². The molecule has 176 valence electrons. The first kappa shape index (κ1) is 22.6. The number of carbonyl (C=O) groups excluding carboxylic acids is 1. The lowest BCUT2D eigenvalue weighted by molar-refractivity contribution is -0.204. The Morgan fingerprint density at radius 1 is 1.16 bits per heavy atom. The number of rotatable bonds is 4. The number of nitrogens with one attached hydrogen (secondary N) is 1. The molecule has 13 heteroatoms. The second-order valence-corrected chi connectivity index (χ2v) is 8.48. The highest BCUT2D eigenvalue weighted by atomic mass is 19.3. The van der Waals surface area contributed by atoms with Gasteiger partial charge in [-0.3, -0.25) is 0 Å². The fourth-order valence-corrected chi connectivity index (χ4v) is 4.05. The van der Waals surface area contributed by atoms with E-state index in [1.165, 1.54) is 16.8 Å². The van der Waals surface area contributed by atoms with Crippen molar-refractivity contribution in [2.75, 3.05) is 13.1 Å². The fourth-order valence-electron chi connectivity index (χ4n) is 4.05. The van der Waals surface area contributed by atoms with E-state index in [4.69, 9.17) is 5.73 Å². The van der Waals surface area contributed by atoms with Gasteiger partial charge in [0.15, 0.2) is 5.65 Å². The summed E-state index contributed by atoms with van der Waals surface area (Å²) >= 11 is 0. The summed E-state index contributed by atoms with van der Waals surface area (Å²) in [7, 11) is 0. The second-order valence-electron chi connectivity index (χ2n) is 8.48. The van der Waals surface area contributed by atoms with Gasteiger partial charge >= 0.3 is 17.9 Å². The summed E-state index contributed by atoms with van der Waals surface area (Å²) in [5, 5.41) is 5.92.